The van der Waals surface area contributed by atoms with Gasteiger partial charge in [0, 0.05) is 35.7 Å². The lowest BCUT2D eigenvalue weighted by atomic mass is 10.1. The number of hydrogen-bond donors (Lipinski definition) is 0. The largest absolute Gasteiger partial charge is 0.367 e. The molecule has 1 atom stereocenters. The highest BCUT2D eigenvalue weighted by molar-refractivity contribution is 9.08. The van der Waals surface area contributed by atoms with Crippen LogP contribution in [0.2, 0.25) is 0 Å². The van der Waals surface area contributed by atoms with Gasteiger partial charge in [-0.1, -0.05) is 22.0 Å². The number of halogens is 2. The summed E-state index contributed by atoms with van der Waals surface area (Å²) in [6.07, 6.45) is 0. The number of alkyl halides is 1. The first-order valence-corrected chi connectivity index (χ1v) is 7.38. The molecule has 0 radical (unpaired) electrons. The minimum Gasteiger partial charge on any atom is -0.367 e. The van der Waals surface area contributed by atoms with Crippen LogP contribution in [0.4, 0.5) is 10.1 Å². The molecule has 0 N–H and O–H groups in total. The zero-order valence-corrected chi connectivity index (χ0v) is 13.2. The molecule has 1 aromatic carbocycles. The van der Waals surface area contributed by atoms with E-state index < -0.39 is 0 Å². The first-order valence-electron chi connectivity index (χ1n) is 6.26. The molecule has 0 aromatic heterocycles. The second kappa shape index (κ2) is 7.10. The second-order valence-electron chi connectivity index (χ2n) is 4.77. The summed E-state index contributed by atoms with van der Waals surface area (Å²) in [5.74, 6) is -0.139. The highest BCUT2D eigenvalue weighted by Crippen LogP contribution is 2.27. The molecule has 0 aliphatic heterocycles. The van der Waals surface area contributed by atoms with Crippen LogP contribution in [0.25, 0.3) is 0 Å². The van der Waals surface area contributed by atoms with Crippen molar-refractivity contribution in [1.82, 2.24) is 4.90 Å². The third kappa shape index (κ3) is 3.69. The molecule has 1 unspecified atom stereocenters. The molecule has 1 rings (SSSR count). The van der Waals surface area contributed by atoms with Crippen LogP contribution < -0.4 is 4.90 Å². The van der Waals surface area contributed by atoms with Gasteiger partial charge in [-0.3, -0.25) is 0 Å². The molecular weight excluding hydrogens is 295 g/mol. The summed E-state index contributed by atoms with van der Waals surface area (Å²) in [6.45, 7) is 6.10. The molecule has 0 aliphatic carbocycles. The zero-order chi connectivity index (χ0) is 13.7. The van der Waals surface area contributed by atoms with Gasteiger partial charge in [-0.05, 0) is 40.1 Å². The summed E-state index contributed by atoms with van der Waals surface area (Å²) in [4.78, 5) is 4.40. The molecule has 1 aromatic rings. The summed E-state index contributed by atoms with van der Waals surface area (Å²) >= 11 is 3.38. The number of anilines is 1. The maximum atomic E-state index is 13.8. The first kappa shape index (κ1) is 15.4. The number of nitrogens with zero attached hydrogens (tertiary/aromatic N) is 2. The average Bonchev–Trinajstić information content (AvgIpc) is 2.29. The van der Waals surface area contributed by atoms with Crippen molar-refractivity contribution < 1.29 is 4.39 Å². The Hall–Kier alpha value is -0.610. The number of rotatable bonds is 6. The number of benzene rings is 1. The minimum atomic E-state index is -0.139. The Morgan fingerprint density at radius 2 is 2.00 bits per heavy atom. The van der Waals surface area contributed by atoms with Crippen LogP contribution in [-0.4, -0.2) is 38.1 Å². The van der Waals surface area contributed by atoms with Gasteiger partial charge in [0.15, 0.2) is 0 Å². The van der Waals surface area contributed by atoms with E-state index in [4.69, 9.17) is 0 Å². The third-order valence-electron chi connectivity index (χ3n) is 3.04. The summed E-state index contributed by atoms with van der Waals surface area (Å²) < 4.78 is 13.8. The van der Waals surface area contributed by atoms with Crippen molar-refractivity contribution in [3.05, 3.63) is 29.6 Å². The van der Waals surface area contributed by atoms with Crippen LogP contribution in [0, 0.1) is 5.82 Å². The van der Waals surface area contributed by atoms with Crippen molar-refractivity contribution >= 4 is 21.6 Å². The average molecular weight is 317 g/mol. The Kier molecular flexibility index (Phi) is 6.09. The fraction of sp³-hybridized carbons (Fsp3) is 0.571. The van der Waals surface area contributed by atoms with Crippen LogP contribution >= 0.6 is 15.9 Å². The normalized spacial score (nSPS) is 12.8. The lowest BCUT2D eigenvalue weighted by Gasteiger charge is -2.33. The Bertz CT molecular complexity index is 382. The lowest BCUT2D eigenvalue weighted by molar-refractivity contribution is 0.372. The van der Waals surface area contributed by atoms with Gasteiger partial charge < -0.3 is 9.80 Å². The van der Waals surface area contributed by atoms with Gasteiger partial charge in [-0.15, -0.1) is 0 Å². The van der Waals surface area contributed by atoms with Crippen LogP contribution in [0.5, 0.6) is 0 Å². The van der Waals surface area contributed by atoms with E-state index in [-0.39, 0.29) is 5.82 Å². The number of hydrogen-bond acceptors (Lipinski definition) is 2. The quantitative estimate of drug-likeness (QED) is 0.741. The summed E-state index contributed by atoms with van der Waals surface area (Å²) in [5, 5.41) is 0.542. The van der Waals surface area contributed by atoms with E-state index in [2.05, 4.69) is 53.7 Å². The van der Waals surface area contributed by atoms with Crippen molar-refractivity contribution in [3.8, 4) is 0 Å². The predicted molar refractivity (Wildman–Crippen MR) is 80.1 cm³/mol. The van der Waals surface area contributed by atoms with Crippen molar-refractivity contribution in [2.75, 3.05) is 32.1 Å². The molecule has 0 aliphatic rings. The Morgan fingerprint density at radius 1 is 1.33 bits per heavy atom. The van der Waals surface area contributed by atoms with Gasteiger partial charge >= 0.3 is 0 Å². The SMILES string of the molecule is CCN(c1cccc(F)c1CBr)C(C)CN(C)C. The van der Waals surface area contributed by atoms with E-state index in [1.807, 2.05) is 6.07 Å². The third-order valence-corrected chi connectivity index (χ3v) is 3.60. The van der Waals surface area contributed by atoms with Crippen molar-refractivity contribution in [3.63, 3.8) is 0 Å². The Morgan fingerprint density at radius 3 is 2.50 bits per heavy atom. The first-order chi connectivity index (χ1) is 8.51. The summed E-state index contributed by atoms with van der Waals surface area (Å²) in [7, 11) is 4.11. The molecule has 0 saturated carbocycles. The van der Waals surface area contributed by atoms with E-state index >= 15 is 0 Å². The van der Waals surface area contributed by atoms with Gasteiger partial charge in [-0.25, -0.2) is 4.39 Å². The zero-order valence-electron chi connectivity index (χ0n) is 11.6. The van der Waals surface area contributed by atoms with E-state index in [0.717, 1.165) is 24.3 Å². The fourth-order valence-corrected chi connectivity index (χ4v) is 2.85. The van der Waals surface area contributed by atoms with E-state index in [1.165, 1.54) is 6.07 Å². The van der Waals surface area contributed by atoms with E-state index in [0.29, 0.717) is 11.4 Å². The van der Waals surface area contributed by atoms with Crippen molar-refractivity contribution in [2.24, 2.45) is 0 Å². The van der Waals surface area contributed by atoms with Crippen LogP contribution in [0.1, 0.15) is 19.4 Å². The fourth-order valence-electron chi connectivity index (χ4n) is 2.30. The van der Waals surface area contributed by atoms with Gasteiger partial charge in [0.05, 0.1) is 0 Å². The highest BCUT2D eigenvalue weighted by Gasteiger charge is 2.18. The summed E-state index contributed by atoms with van der Waals surface area (Å²) in [5.41, 5.74) is 1.73. The predicted octanol–water partition coefficient (Wildman–Crippen LogP) is 3.50. The molecule has 0 saturated heterocycles. The molecule has 2 nitrogen and oxygen atoms in total. The molecular formula is C14H22BrFN2. The van der Waals surface area contributed by atoms with Crippen LogP contribution in [0.3, 0.4) is 0 Å². The van der Waals surface area contributed by atoms with E-state index in [9.17, 15) is 4.39 Å². The monoisotopic (exact) mass is 316 g/mol. The van der Waals surface area contributed by atoms with Gasteiger partial charge in [-0.2, -0.15) is 0 Å². The maximum Gasteiger partial charge on any atom is 0.129 e. The molecule has 4 heteroatoms. The molecule has 0 spiro atoms. The maximum absolute atomic E-state index is 13.8. The van der Waals surface area contributed by atoms with Crippen LogP contribution in [-0.2, 0) is 5.33 Å². The molecule has 18 heavy (non-hydrogen) atoms. The molecule has 0 amide bonds. The molecule has 0 bridgehead atoms. The smallest absolute Gasteiger partial charge is 0.129 e. The standard InChI is InChI=1S/C14H22BrFN2/c1-5-18(11(2)10-17(3)4)14-8-6-7-13(16)12(14)9-15/h6-8,11H,5,9-10H2,1-4H3. The van der Waals surface area contributed by atoms with Gasteiger partial charge in [0.25, 0.3) is 0 Å². The minimum absolute atomic E-state index is 0.139. The lowest BCUT2D eigenvalue weighted by Crippen LogP contribution is -2.40. The van der Waals surface area contributed by atoms with E-state index in [1.54, 1.807) is 6.07 Å². The molecule has 0 heterocycles. The van der Waals surface area contributed by atoms with Crippen molar-refractivity contribution in [2.45, 2.75) is 25.2 Å². The summed E-state index contributed by atoms with van der Waals surface area (Å²) in [6, 6.07) is 5.64. The highest BCUT2D eigenvalue weighted by atomic mass is 79.9. The van der Waals surface area contributed by atoms with Gasteiger partial charge in [0.1, 0.15) is 5.82 Å². The number of likely N-dealkylation sites (N-methyl/N-ethyl adjacent to an activating group) is 2. The molecule has 102 valence electrons. The molecule has 0 fully saturated rings. The topological polar surface area (TPSA) is 6.48 Å². The van der Waals surface area contributed by atoms with Crippen LogP contribution in [0.15, 0.2) is 18.2 Å². The van der Waals surface area contributed by atoms with Gasteiger partial charge in [0.2, 0.25) is 0 Å². The Labute approximate surface area is 118 Å². The van der Waals surface area contributed by atoms with Crippen molar-refractivity contribution in [1.29, 1.82) is 0 Å². The Balaban J connectivity index is 3.05. The second-order valence-corrected chi connectivity index (χ2v) is 5.33.